The first-order chi connectivity index (χ1) is 8.19. The predicted molar refractivity (Wildman–Crippen MR) is 62.2 cm³/mol. The summed E-state index contributed by atoms with van der Waals surface area (Å²) < 4.78 is 17.3. The lowest BCUT2D eigenvalue weighted by molar-refractivity contribution is -0.150. The van der Waals surface area contributed by atoms with Gasteiger partial charge >= 0.3 is 5.97 Å². The first kappa shape index (κ1) is 11.5. The normalized spacial score (nSPS) is 43.5. The molecule has 0 N–H and O–H groups in total. The van der Waals surface area contributed by atoms with Crippen LogP contribution >= 0.6 is 0 Å². The third-order valence-electron chi connectivity index (χ3n) is 5.17. The van der Waals surface area contributed by atoms with Gasteiger partial charge in [-0.15, -0.1) is 0 Å². The zero-order valence-electron chi connectivity index (χ0n) is 10.3. The summed E-state index contributed by atoms with van der Waals surface area (Å²) >= 11 is 0. The lowest BCUT2D eigenvalue weighted by Gasteiger charge is -2.44. The lowest BCUT2D eigenvalue weighted by atomic mass is 9.62. The molecule has 0 saturated heterocycles. The van der Waals surface area contributed by atoms with Gasteiger partial charge in [0.25, 0.3) is 0 Å². The van der Waals surface area contributed by atoms with Crippen LogP contribution in [-0.4, -0.2) is 19.3 Å². The summed E-state index contributed by atoms with van der Waals surface area (Å²) in [6.45, 7) is -0.513. The van der Waals surface area contributed by atoms with E-state index in [1.165, 1.54) is 44.9 Å². The van der Waals surface area contributed by atoms with E-state index >= 15 is 0 Å². The Kier molecular flexibility index (Phi) is 2.87. The average molecular weight is 240 g/mol. The van der Waals surface area contributed by atoms with Gasteiger partial charge in [0.15, 0.2) is 6.67 Å². The van der Waals surface area contributed by atoms with Crippen molar-refractivity contribution in [2.24, 2.45) is 23.2 Å². The topological polar surface area (TPSA) is 26.3 Å². The van der Waals surface area contributed by atoms with Gasteiger partial charge in [0.1, 0.15) is 0 Å². The highest BCUT2D eigenvalue weighted by atomic mass is 19.1. The molecule has 2 nitrogen and oxygen atoms in total. The standard InChI is InChI=1S/C14H21FO2/c15-8-13(16)17-9-14-2-1-10-3-11(6-14)5-12(4-10)7-14/h10-12H,1-9H2. The fourth-order valence-corrected chi connectivity index (χ4v) is 4.76. The SMILES string of the molecule is O=C(CF)OCC12CCC3CC(CC(C3)C1)C2. The zero-order valence-corrected chi connectivity index (χ0v) is 10.3. The molecule has 4 aliphatic rings. The molecule has 4 bridgehead atoms. The van der Waals surface area contributed by atoms with Gasteiger partial charge in [-0.05, 0) is 62.7 Å². The van der Waals surface area contributed by atoms with E-state index in [2.05, 4.69) is 0 Å². The molecule has 0 aromatic heterocycles. The van der Waals surface area contributed by atoms with E-state index < -0.39 is 12.6 Å². The van der Waals surface area contributed by atoms with Crippen LogP contribution in [-0.2, 0) is 9.53 Å². The highest BCUT2D eigenvalue weighted by Gasteiger charge is 2.48. The van der Waals surface area contributed by atoms with Crippen molar-refractivity contribution in [3.8, 4) is 0 Å². The van der Waals surface area contributed by atoms with Gasteiger partial charge in [0.05, 0.1) is 6.61 Å². The summed E-state index contributed by atoms with van der Waals surface area (Å²) in [5.74, 6) is 1.93. The van der Waals surface area contributed by atoms with Crippen LogP contribution in [0, 0.1) is 23.2 Å². The minimum atomic E-state index is -0.981. The molecule has 3 heteroatoms. The molecule has 0 spiro atoms. The van der Waals surface area contributed by atoms with E-state index in [9.17, 15) is 9.18 Å². The molecule has 4 fully saturated rings. The van der Waals surface area contributed by atoms with Gasteiger partial charge in [0, 0.05) is 5.41 Å². The molecule has 0 aliphatic heterocycles. The first-order valence-corrected chi connectivity index (χ1v) is 6.91. The molecular formula is C14H21FO2. The van der Waals surface area contributed by atoms with Gasteiger partial charge in [-0.3, -0.25) is 0 Å². The predicted octanol–water partition coefficient (Wildman–Crippen LogP) is 3.11. The molecule has 17 heavy (non-hydrogen) atoms. The van der Waals surface area contributed by atoms with Gasteiger partial charge in [-0.2, -0.15) is 0 Å². The fourth-order valence-electron chi connectivity index (χ4n) is 4.76. The summed E-state index contributed by atoms with van der Waals surface area (Å²) in [7, 11) is 0. The average Bonchev–Trinajstić information content (AvgIpc) is 2.51. The summed E-state index contributed by atoms with van der Waals surface area (Å²) in [4.78, 5) is 11.0. The molecular weight excluding hydrogens is 219 g/mol. The second kappa shape index (κ2) is 4.25. The third kappa shape index (κ3) is 2.21. The Balaban J connectivity index is 1.70. The molecule has 4 aliphatic carbocycles. The summed E-state index contributed by atoms with van der Waals surface area (Å²) in [5.41, 5.74) is 0.198. The molecule has 0 radical (unpaired) electrons. The Hall–Kier alpha value is -0.600. The van der Waals surface area contributed by atoms with E-state index in [1.807, 2.05) is 0 Å². The molecule has 2 unspecified atom stereocenters. The van der Waals surface area contributed by atoms with E-state index in [-0.39, 0.29) is 5.41 Å². The third-order valence-corrected chi connectivity index (χ3v) is 5.17. The maximum absolute atomic E-state index is 12.2. The number of carbonyl (C=O) groups is 1. The fraction of sp³-hybridized carbons (Fsp3) is 0.929. The van der Waals surface area contributed by atoms with Gasteiger partial charge in [-0.25, -0.2) is 9.18 Å². The van der Waals surface area contributed by atoms with Gasteiger partial charge in [0.2, 0.25) is 0 Å². The molecule has 4 rings (SSSR count). The number of carbonyl (C=O) groups excluding carboxylic acids is 1. The second-order valence-electron chi connectivity index (χ2n) is 6.55. The van der Waals surface area contributed by atoms with Crippen molar-refractivity contribution >= 4 is 5.97 Å². The molecule has 0 amide bonds. The Bertz CT molecular complexity index is 301. The number of alkyl halides is 1. The summed E-state index contributed by atoms with van der Waals surface area (Å²) in [5, 5.41) is 0. The molecule has 2 atom stereocenters. The van der Waals surface area contributed by atoms with E-state index in [0.717, 1.165) is 17.8 Å². The van der Waals surface area contributed by atoms with E-state index in [4.69, 9.17) is 4.74 Å². The second-order valence-corrected chi connectivity index (χ2v) is 6.55. The van der Waals surface area contributed by atoms with E-state index in [0.29, 0.717) is 6.61 Å². The van der Waals surface area contributed by atoms with Crippen LogP contribution < -0.4 is 0 Å². The number of hydrogen-bond acceptors (Lipinski definition) is 2. The van der Waals surface area contributed by atoms with Crippen molar-refractivity contribution in [2.75, 3.05) is 13.3 Å². The van der Waals surface area contributed by atoms with Gasteiger partial charge in [-0.1, -0.05) is 0 Å². The van der Waals surface area contributed by atoms with Crippen LogP contribution in [0.4, 0.5) is 4.39 Å². The number of rotatable bonds is 3. The van der Waals surface area contributed by atoms with Crippen LogP contribution in [0.1, 0.15) is 44.9 Å². The van der Waals surface area contributed by atoms with Crippen molar-refractivity contribution in [3.05, 3.63) is 0 Å². The number of halogens is 1. The zero-order chi connectivity index (χ0) is 11.9. The highest BCUT2D eigenvalue weighted by molar-refractivity contribution is 5.70. The Morgan fingerprint density at radius 2 is 1.82 bits per heavy atom. The molecule has 0 heterocycles. The van der Waals surface area contributed by atoms with Crippen LogP contribution in [0.3, 0.4) is 0 Å². The quantitative estimate of drug-likeness (QED) is 0.708. The largest absolute Gasteiger partial charge is 0.463 e. The molecule has 96 valence electrons. The van der Waals surface area contributed by atoms with Crippen LogP contribution in [0.2, 0.25) is 0 Å². The monoisotopic (exact) mass is 240 g/mol. The van der Waals surface area contributed by atoms with Crippen molar-refractivity contribution in [3.63, 3.8) is 0 Å². The smallest absolute Gasteiger partial charge is 0.337 e. The van der Waals surface area contributed by atoms with Crippen LogP contribution in [0.5, 0.6) is 0 Å². The summed E-state index contributed by atoms with van der Waals surface area (Å²) in [6.07, 6.45) is 9.05. The molecule has 0 aromatic carbocycles. The minimum Gasteiger partial charge on any atom is -0.463 e. The first-order valence-electron chi connectivity index (χ1n) is 6.91. The molecule has 4 saturated carbocycles. The van der Waals surface area contributed by atoms with Crippen molar-refractivity contribution < 1.29 is 13.9 Å². The Morgan fingerprint density at radius 1 is 1.18 bits per heavy atom. The number of hydrogen-bond donors (Lipinski definition) is 0. The minimum absolute atomic E-state index is 0.198. The number of ether oxygens (including phenoxy) is 1. The molecule has 0 aromatic rings. The van der Waals surface area contributed by atoms with Crippen LogP contribution in [0.25, 0.3) is 0 Å². The maximum atomic E-state index is 12.2. The lowest BCUT2D eigenvalue weighted by Crippen LogP contribution is -2.38. The van der Waals surface area contributed by atoms with Crippen LogP contribution in [0.15, 0.2) is 0 Å². The Labute approximate surface area is 102 Å². The summed E-state index contributed by atoms with van der Waals surface area (Å²) in [6, 6.07) is 0. The highest BCUT2D eigenvalue weighted by Crippen LogP contribution is 2.57. The maximum Gasteiger partial charge on any atom is 0.337 e. The van der Waals surface area contributed by atoms with Crippen molar-refractivity contribution in [2.45, 2.75) is 44.9 Å². The van der Waals surface area contributed by atoms with E-state index in [1.54, 1.807) is 0 Å². The van der Waals surface area contributed by atoms with Crippen molar-refractivity contribution in [1.29, 1.82) is 0 Å². The Morgan fingerprint density at radius 3 is 2.47 bits per heavy atom. The van der Waals surface area contributed by atoms with Crippen molar-refractivity contribution in [1.82, 2.24) is 0 Å². The van der Waals surface area contributed by atoms with Gasteiger partial charge < -0.3 is 4.74 Å². The number of fused-ring (bicyclic) bond motifs is 1. The number of esters is 1.